The summed E-state index contributed by atoms with van der Waals surface area (Å²) >= 11 is 0. The van der Waals surface area contributed by atoms with Gasteiger partial charge in [-0.15, -0.1) is 0 Å². The SMILES string of the molecule is CCn1ccc(/C=C2\C[C@@H]3[C@H]4CC[C@H]5CCCC[C@]5(C)[C@@H]4CC[C@]3(C)[C@H]2O)n1. The van der Waals surface area contributed by atoms with Gasteiger partial charge in [-0.1, -0.05) is 26.7 Å². The Bertz CT molecular complexity index is 766. The zero-order valence-electron chi connectivity index (χ0n) is 18.0. The van der Waals surface area contributed by atoms with Crippen LogP contribution < -0.4 is 0 Å². The van der Waals surface area contributed by atoms with Gasteiger partial charge in [0.1, 0.15) is 0 Å². The summed E-state index contributed by atoms with van der Waals surface area (Å²) < 4.78 is 1.98. The minimum absolute atomic E-state index is 0.0676. The minimum atomic E-state index is -0.290. The molecule has 4 aliphatic carbocycles. The fourth-order valence-electron chi connectivity index (χ4n) is 8.11. The van der Waals surface area contributed by atoms with Crippen LogP contribution in [0.25, 0.3) is 6.08 Å². The van der Waals surface area contributed by atoms with Crippen LogP contribution in [-0.2, 0) is 6.54 Å². The first-order chi connectivity index (χ1) is 13.5. The number of hydrogen-bond acceptors (Lipinski definition) is 2. The van der Waals surface area contributed by atoms with Gasteiger partial charge in [-0.2, -0.15) is 5.10 Å². The second kappa shape index (κ2) is 6.72. The van der Waals surface area contributed by atoms with Crippen molar-refractivity contribution in [1.82, 2.24) is 9.78 Å². The van der Waals surface area contributed by atoms with E-state index in [1.165, 1.54) is 56.9 Å². The average Bonchev–Trinajstić information content (AvgIpc) is 3.25. The lowest BCUT2D eigenvalue weighted by Crippen LogP contribution is -2.53. The van der Waals surface area contributed by atoms with Crippen molar-refractivity contribution in [3.05, 3.63) is 23.5 Å². The number of rotatable bonds is 2. The van der Waals surface area contributed by atoms with E-state index in [1.807, 2.05) is 10.9 Å². The highest BCUT2D eigenvalue weighted by Gasteiger charge is 2.60. The summed E-state index contributed by atoms with van der Waals surface area (Å²) in [7, 11) is 0. The molecule has 3 nitrogen and oxygen atoms in total. The standard InChI is InChI=1S/C25H38N2O/c1-4-27-14-11-19(26-27)15-17-16-22-20-9-8-18-7-5-6-12-24(18,2)21(20)10-13-25(22,3)23(17)28/h11,14-15,18,20-23,28H,4-10,12-13,16H2,1-3H3/b17-15+/t18-,20+,21-,22-,23+,24+,25+/m1/s1. The molecular formula is C25H38N2O. The summed E-state index contributed by atoms with van der Waals surface area (Å²) in [4.78, 5) is 0. The van der Waals surface area contributed by atoms with E-state index in [9.17, 15) is 5.11 Å². The molecule has 1 N–H and O–H groups in total. The molecule has 0 saturated heterocycles. The van der Waals surface area contributed by atoms with Crippen molar-refractivity contribution >= 4 is 6.08 Å². The number of hydrogen-bond donors (Lipinski definition) is 1. The maximum absolute atomic E-state index is 11.4. The quantitative estimate of drug-likeness (QED) is 0.713. The first-order valence-corrected chi connectivity index (χ1v) is 11.9. The highest BCUT2D eigenvalue weighted by molar-refractivity contribution is 5.52. The highest BCUT2D eigenvalue weighted by Crippen LogP contribution is 2.66. The maximum Gasteiger partial charge on any atom is 0.0851 e. The lowest BCUT2D eigenvalue weighted by molar-refractivity contribution is -0.119. The van der Waals surface area contributed by atoms with Crippen molar-refractivity contribution in [3.8, 4) is 0 Å². The van der Waals surface area contributed by atoms with E-state index in [0.717, 1.165) is 36.4 Å². The molecular weight excluding hydrogens is 344 g/mol. The van der Waals surface area contributed by atoms with Gasteiger partial charge in [0.15, 0.2) is 0 Å². The molecule has 3 heteroatoms. The minimum Gasteiger partial charge on any atom is -0.388 e. The molecule has 1 aromatic rings. The molecule has 1 heterocycles. The van der Waals surface area contributed by atoms with Crippen molar-refractivity contribution < 1.29 is 5.11 Å². The predicted octanol–water partition coefficient (Wildman–Crippen LogP) is 5.69. The van der Waals surface area contributed by atoms with Crippen molar-refractivity contribution in [2.24, 2.45) is 34.5 Å². The number of aliphatic hydroxyl groups excluding tert-OH is 1. The molecule has 4 saturated carbocycles. The molecule has 28 heavy (non-hydrogen) atoms. The van der Waals surface area contributed by atoms with E-state index in [-0.39, 0.29) is 11.5 Å². The lowest BCUT2D eigenvalue weighted by Gasteiger charge is -2.60. The number of aryl methyl sites for hydroxylation is 1. The third-order valence-electron chi connectivity index (χ3n) is 9.77. The zero-order valence-corrected chi connectivity index (χ0v) is 18.0. The molecule has 7 atom stereocenters. The first-order valence-electron chi connectivity index (χ1n) is 11.9. The van der Waals surface area contributed by atoms with Crippen molar-refractivity contribution in [2.75, 3.05) is 0 Å². The second-order valence-electron chi connectivity index (χ2n) is 10.9. The summed E-state index contributed by atoms with van der Waals surface area (Å²) in [6, 6.07) is 2.09. The van der Waals surface area contributed by atoms with Gasteiger partial charge < -0.3 is 5.11 Å². The zero-order chi connectivity index (χ0) is 19.5. The lowest BCUT2D eigenvalue weighted by atomic mass is 9.45. The molecule has 0 aromatic carbocycles. The largest absolute Gasteiger partial charge is 0.388 e. The number of fused-ring (bicyclic) bond motifs is 5. The Morgan fingerprint density at radius 3 is 2.75 bits per heavy atom. The molecule has 4 aliphatic rings. The summed E-state index contributed by atoms with van der Waals surface area (Å²) in [6.45, 7) is 8.04. The van der Waals surface area contributed by atoms with Crippen LogP contribution in [0.2, 0.25) is 0 Å². The molecule has 0 aliphatic heterocycles. The van der Waals surface area contributed by atoms with Crippen LogP contribution in [0.3, 0.4) is 0 Å². The van der Waals surface area contributed by atoms with Gasteiger partial charge in [0.05, 0.1) is 11.8 Å². The van der Waals surface area contributed by atoms with Crippen molar-refractivity contribution in [3.63, 3.8) is 0 Å². The smallest absolute Gasteiger partial charge is 0.0851 e. The van der Waals surface area contributed by atoms with Crippen LogP contribution in [0.1, 0.15) is 84.3 Å². The van der Waals surface area contributed by atoms with Crippen LogP contribution in [0.15, 0.2) is 17.8 Å². The predicted molar refractivity (Wildman–Crippen MR) is 114 cm³/mol. The number of aromatic nitrogens is 2. The fraction of sp³-hybridized carbons (Fsp3) is 0.800. The van der Waals surface area contributed by atoms with Crippen molar-refractivity contribution in [1.29, 1.82) is 0 Å². The first kappa shape index (κ1) is 18.9. The summed E-state index contributed by atoms with van der Waals surface area (Å²) in [5.41, 5.74) is 2.89. The Kier molecular flexibility index (Phi) is 4.54. The summed E-state index contributed by atoms with van der Waals surface area (Å²) in [5.74, 6) is 3.31. The van der Waals surface area contributed by atoms with E-state index in [0.29, 0.717) is 11.3 Å². The van der Waals surface area contributed by atoms with Gasteiger partial charge in [-0.25, -0.2) is 0 Å². The normalized spacial score (nSPS) is 46.9. The van der Waals surface area contributed by atoms with Gasteiger partial charge in [-0.05, 0) is 98.7 Å². The third kappa shape index (κ3) is 2.68. The van der Waals surface area contributed by atoms with Gasteiger partial charge in [-0.3, -0.25) is 4.68 Å². The Labute approximate surface area is 170 Å². The van der Waals surface area contributed by atoms with Gasteiger partial charge in [0.2, 0.25) is 0 Å². The van der Waals surface area contributed by atoms with E-state index in [4.69, 9.17) is 0 Å². The second-order valence-corrected chi connectivity index (χ2v) is 10.9. The van der Waals surface area contributed by atoms with E-state index < -0.39 is 0 Å². The van der Waals surface area contributed by atoms with E-state index in [1.54, 1.807) is 0 Å². The van der Waals surface area contributed by atoms with E-state index >= 15 is 0 Å². The van der Waals surface area contributed by atoms with Gasteiger partial charge in [0.25, 0.3) is 0 Å². The van der Waals surface area contributed by atoms with Crippen molar-refractivity contribution in [2.45, 2.75) is 91.2 Å². The summed E-state index contributed by atoms with van der Waals surface area (Å²) in [5, 5.41) is 16.0. The van der Waals surface area contributed by atoms with Gasteiger partial charge in [0, 0.05) is 18.2 Å². The van der Waals surface area contributed by atoms with Crippen LogP contribution >= 0.6 is 0 Å². The summed E-state index contributed by atoms with van der Waals surface area (Å²) in [6.07, 6.45) is 16.2. The molecule has 0 spiro atoms. The van der Waals surface area contributed by atoms with Crippen LogP contribution in [0, 0.1) is 34.5 Å². The topological polar surface area (TPSA) is 38.0 Å². The molecule has 0 amide bonds. The van der Waals surface area contributed by atoms with Crippen LogP contribution in [-0.4, -0.2) is 21.0 Å². The Morgan fingerprint density at radius 1 is 1.11 bits per heavy atom. The maximum atomic E-state index is 11.4. The molecule has 154 valence electrons. The fourth-order valence-corrected chi connectivity index (χ4v) is 8.11. The molecule has 5 rings (SSSR count). The Balaban J connectivity index is 1.44. The number of nitrogens with zero attached hydrogens (tertiary/aromatic N) is 2. The monoisotopic (exact) mass is 382 g/mol. The third-order valence-corrected chi connectivity index (χ3v) is 9.77. The van der Waals surface area contributed by atoms with Gasteiger partial charge >= 0.3 is 0 Å². The molecule has 1 aromatic heterocycles. The van der Waals surface area contributed by atoms with Crippen LogP contribution in [0.5, 0.6) is 0 Å². The average molecular weight is 383 g/mol. The van der Waals surface area contributed by atoms with E-state index in [2.05, 4.69) is 38.0 Å². The Hall–Kier alpha value is -1.09. The van der Waals surface area contributed by atoms with Crippen LogP contribution in [0.4, 0.5) is 0 Å². The molecule has 0 unspecified atom stereocenters. The Morgan fingerprint density at radius 2 is 1.96 bits per heavy atom. The molecule has 0 radical (unpaired) electrons. The molecule has 0 bridgehead atoms. The molecule has 4 fully saturated rings. The number of aliphatic hydroxyl groups is 1. The highest BCUT2D eigenvalue weighted by atomic mass is 16.3.